The summed E-state index contributed by atoms with van der Waals surface area (Å²) in [5.41, 5.74) is 3.31. The van der Waals surface area contributed by atoms with Crippen molar-refractivity contribution in [2.75, 3.05) is 33.5 Å². The molecule has 11 heteroatoms. The average Bonchev–Trinajstić information content (AvgIpc) is 3.29. The minimum absolute atomic E-state index is 0.118. The number of allylic oxidation sites excluding steroid dienone is 1. The average molecular weight is 848 g/mol. The molecule has 0 radical (unpaired) electrons. The molecule has 61 heavy (non-hydrogen) atoms. The zero-order chi connectivity index (χ0) is 42.2. The van der Waals surface area contributed by atoms with Gasteiger partial charge in [-0.1, -0.05) is 60.5 Å². The molecule has 2 fully saturated rings. The fraction of sp³-hybridized carbons (Fsp3) is 0.440. The van der Waals surface area contributed by atoms with Crippen LogP contribution in [0.1, 0.15) is 86.0 Å². The lowest BCUT2D eigenvalue weighted by molar-refractivity contribution is -0.223. The van der Waals surface area contributed by atoms with Crippen molar-refractivity contribution in [3.05, 3.63) is 114 Å². The Hall–Kier alpha value is -4.65. The van der Waals surface area contributed by atoms with Crippen molar-refractivity contribution in [1.29, 1.82) is 0 Å². The molecule has 2 aliphatic carbocycles. The summed E-state index contributed by atoms with van der Waals surface area (Å²) in [6.07, 6.45) is 12.7. The number of thioether (sulfide) groups is 1. The summed E-state index contributed by atoms with van der Waals surface area (Å²) in [5.74, 6) is 0.995. The van der Waals surface area contributed by atoms with Crippen LogP contribution in [0.3, 0.4) is 0 Å². The number of rotatable bonds is 19. The minimum Gasteiger partial charge on any atom is -0.496 e. The number of ether oxygens (including phenoxy) is 5. The highest BCUT2D eigenvalue weighted by molar-refractivity contribution is 8.00. The zero-order valence-corrected chi connectivity index (χ0v) is 35.7. The minimum atomic E-state index is -1.14. The van der Waals surface area contributed by atoms with Gasteiger partial charge >= 0.3 is 0 Å². The second kappa shape index (κ2) is 20.0. The largest absolute Gasteiger partial charge is 0.496 e. The smallest absolute Gasteiger partial charge is 0.231 e. The van der Waals surface area contributed by atoms with Crippen LogP contribution in [0.4, 0.5) is 0 Å². The monoisotopic (exact) mass is 847 g/mol. The molecule has 4 aliphatic rings. The molecule has 322 valence electrons. The van der Waals surface area contributed by atoms with Gasteiger partial charge in [-0.05, 0) is 115 Å². The van der Waals surface area contributed by atoms with Crippen molar-refractivity contribution in [2.24, 2.45) is 22.9 Å². The molecule has 8 rings (SSSR count). The standard InChI is InChI=1S/C50H57NO9S/c1-3-25-57-50-46(61-39-20-17-33-12-4-5-13-34(33)28-39)31-43(51-60-47-16-8-11-26-56-47)41-29-35(14-6-9-23-52)40(15-7-10-24-53)48(49(41)50)42-30-38(19-22-45(42)59-50)58-37-18-21-44(55-2)36(27-37)32-54/h3-5,12-13,17-22,27-30,32,35,40,46-49,52-53H,1,6-11,14-16,23-26,31H2,2H3/t35-,40+,46-,47?,48+,49+,50+/m0/s1. The zero-order valence-electron chi connectivity index (χ0n) is 34.9. The number of aliphatic hydroxyl groups is 2. The maximum atomic E-state index is 11.9. The topological polar surface area (TPSA) is 125 Å². The van der Waals surface area contributed by atoms with Crippen molar-refractivity contribution >= 4 is 34.5 Å². The molecule has 1 unspecified atom stereocenters. The van der Waals surface area contributed by atoms with Crippen molar-refractivity contribution in [2.45, 2.75) is 92.3 Å². The van der Waals surface area contributed by atoms with Gasteiger partial charge in [0.15, 0.2) is 6.29 Å². The number of oxime groups is 1. The number of nitrogens with zero attached hydrogens (tertiary/aromatic N) is 1. The summed E-state index contributed by atoms with van der Waals surface area (Å²) in [6, 6.07) is 26.1. The van der Waals surface area contributed by atoms with E-state index in [1.54, 1.807) is 36.0 Å². The number of methoxy groups -OCH3 is 1. The van der Waals surface area contributed by atoms with E-state index in [1.807, 2.05) is 12.1 Å². The molecule has 0 amide bonds. The second-order valence-corrected chi connectivity index (χ2v) is 17.7. The van der Waals surface area contributed by atoms with Crippen LogP contribution in [0, 0.1) is 17.8 Å². The number of carbonyl (C=O) groups excluding carboxylic acids is 1. The number of hydrogen-bond donors (Lipinski definition) is 2. The van der Waals surface area contributed by atoms with E-state index < -0.39 is 12.1 Å². The molecule has 2 aliphatic heterocycles. The number of benzene rings is 4. The Labute approximate surface area is 362 Å². The molecule has 2 N–H and O–H groups in total. The lowest BCUT2D eigenvalue weighted by Crippen LogP contribution is -2.64. The van der Waals surface area contributed by atoms with Crippen LogP contribution in [-0.2, 0) is 14.3 Å². The van der Waals surface area contributed by atoms with Gasteiger partial charge in [0, 0.05) is 42.4 Å². The van der Waals surface area contributed by atoms with Crippen molar-refractivity contribution in [1.82, 2.24) is 0 Å². The lowest BCUT2D eigenvalue weighted by Gasteiger charge is -2.58. The Bertz CT molecular complexity index is 2220. The van der Waals surface area contributed by atoms with Gasteiger partial charge in [0.2, 0.25) is 12.1 Å². The first-order valence-corrected chi connectivity index (χ1v) is 22.7. The van der Waals surface area contributed by atoms with Crippen LogP contribution in [-0.4, -0.2) is 73.1 Å². The number of hydrogen-bond acceptors (Lipinski definition) is 11. The number of aliphatic hydroxyl groups excluding tert-OH is 2. The maximum absolute atomic E-state index is 11.9. The van der Waals surface area contributed by atoms with E-state index in [0.717, 1.165) is 84.1 Å². The molecular weight excluding hydrogens is 791 g/mol. The summed E-state index contributed by atoms with van der Waals surface area (Å²) in [7, 11) is 1.54. The summed E-state index contributed by atoms with van der Waals surface area (Å²) in [6.45, 7) is 5.24. The van der Waals surface area contributed by atoms with Crippen LogP contribution in [0.5, 0.6) is 23.0 Å². The molecule has 0 aromatic heterocycles. The predicted molar refractivity (Wildman–Crippen MR) is 238 cm³/mol. The molecule has 10 nitrogen and oxygen atoms in total. The molecular formula is C50H57NO9S. The van der Waals surface area contributed by atoms with Crippen LogP contribution >= 0.6 is 11.8 Å². The molecule has 4 aromatic rings. The highest BCUT2D eigenvalue weighted by atomic mass is 32.2. The Balaban J connectivity index is 1.29. The van der Waals surface area contributed by atoms with E-state index in [1.165, 1.54) is 12.5 Å². The van der Waals surface area contributed by atoms with Gasteiger partial charge < -0.3 is 38.7 Å². The van der Waals surface area contributed by atoms with E-state index >= 15 is 0 Å². The highest BCUT2D eigenvalue weighted by Gasteiger charge is 2.64. The summed E-state index contributed by atoms with van der Waals surface area (Å²) in [4.78, 5) is 19.3. The van der Waals surface area contributed by atoms with Crippen LogP contribution in [0.2, 0.25) is 0 Å². The SMILES string of the molecule is C=CCO[C@@]12Oc3ccc(Oc4ccc(OC)c(C=O)c4)cc3[C@H]3[C@H](CCCCO)[C@@H](CCCCO)C=C(C(=NOC4CCCCO4)C[C@@H]1Sc1ccc4ccccc4c1)[C@H]32. The predicted octanol–water partition coefficient (Wildman–Crippen LogP) is 10.4. The Morgan fingerprint density at radius 3 is 2.51 bits per heavy atom. The normalized spacial score (nSPS) is 26.1. The van der Waals surface area contributed by atoms with Gasteiger partial charge in [-0.2, -0.15) is 0 Å². The number of carbonyl (C=O) groups is 1. The summed E-state index contributed by atoms with van der Waals surface area (Å²) >= 11 is 1.74. The van der Waals surface area contributed by atoms with Crippen LogP contribution in [0.15, 0.2) is 113 Å². The van der Waals surface area contributed by atoms with Gasteiger partial charge in [-0.3, -0.25) is 4.79 Å². The van der Waals surface area contributed by atoms with Crippen molar-refractivity contribution in [3.8, 4) is 23.0 Å². The molecule has 4 aromatic carbocycles. The molecule has 7 atom stereocenters. The van der Waals surface area contributed by atoms with E-state index in [0.29, 0.717) is 48.7 Å². The maximum Gasteiger partial charge on any atom is 0.231 e. The van der Waals surface area contributed by atoms with Gasteiger partial charge in [-0.15, -0.1) is 18.3 Å². The van der Waals surface area contributed by atoms with Gasteiger partial charge in [0.25, 0.3) is 0 Å². The molecule has 0 spiro atoms. The van der Waals surface area contributed by atoms with Gasteiger partial charge in [-0.25, -0.2) is 0 Å². The third-order valence-electron chi connectivity index (χ3n) is 12.6. The quantitative estimate of drug-likeness (QED) is 0.0408. The van der Waals surface area contributed by atoms with Gasteiger partial charge in [0.05, 0.1) is 42.8 Å². The highest BCUT2D eigenvalue weighted by Crippen LogP contribution is 2.63. The first-order valence-electron chi connectivity index (χ1n) is 21.8. The lowest BCUT2D eigenvalue weighted by atomic mass is 9.56. The third-order valence-corrected chi connectivity index (χ3v) is 13.9. The summed E-state index contributed by atoms with van der Waals surface area (Å²) < 4.78 is 32.5. The molecule has 1 saturated carbocycles. The van der Waals surface area contributed by atoms with Gasteiger partial charge in [0.1, 0.15) is 23.0 Å². The Morgan fingerprint density at radius 2 is 1.74 bits per heavy atom. The van der Waals surface area contributed by atoms with Crippen LogP contribution in [0.25, 0.3) is 10.8 Å². The number of fused-ring (bicyclic) bond motifs is 3. The number of aldehydes is 1. The Kier molecular flexibility index (Phi) is 14.1. The number of unbranched alkanes of at least 4 members (excludes halogenated alkanes) is 2. The first-order chi connectivity index (χ1) is 30.0. The van der Waals surface area contributed by atoms with Crippen LogP contribution < -0.4 is 14.2 Å². The Morgan fingerprint density at radius 1 is 0.934 bits per heavy atom. The molecule has 2 heterocycles. The van der Waals surface area contributed by atoms with E-state index in [2.05, 4.69) is 61.2 Å². The summed E-state index contributed by atoms with van der Waals surface area (Å²) in [5, 5.41) is 27.0. The fourth-order valence-corrected chi connectivity index (χ4v) is 11.2. The first kappa shape index (κ1) is 43.0. The van der Waals surface area contributed by atoms with Crippen molar-refractivity contribution < 1.29 is 43.5 Å². The molecule has 0 bridgehead atoms. The van der Waals surface area contributed by atoms with E-state index in [-0.39, 0.29) is 48.7 Å². The fourth-order valence-electron chi connectivity index (χ4n) is 9.81. The third kappa shape index (κ3) is 9.27. The van der Waals surface area contributed by atoms with E-state index in [4.69, 9.17) is 33.7 Å². The van der Waals surface area contributed by atoms with E-state index in [9.17, 15) is 15.0 Å². The molecule has 1 saturated heterocycles. The van der Waals surface area contributed by atoms with Crippen molar-refractivity contribution in [3.63, 3.8) is 0 Å². The second-order valence-electron chi connectivity index (χ2n) is 16.4.